The Labute approximate surface area is 134 Å². The molecule has 112 valence electrons. The van der Waals surface area contributed by atoms with Gasteiger partial charge in [0, 0.05) is 31.8 Å². The van der Waals surface area contributed by atoms with Crippen LogP contribution in [0.15, 0.2) is 16.7 Å². The number of nitrogens with zero attached hydrogens (tertiary/aromatic N) is 2. The molecule has 1 N–H and O–H groups in total. The number of carboxylic acid groups (broad SMARTS) is 1. The molecule has 1 fully saturated rings. The maximum atomic E-state index is 12.0. The van der Waals surface area contributed by atoms with Crippen LogP contribution in [0.1, 0.15) is 23.7 Å². The molecule has 1 aromatic heterocycles. The van der Waals surface area contributed by atoms with E-state index in [0.29, 0.717) is 29.0 Å². The van der Waals surface area contributed by atoms with E-state index in [1.54, 1.807) is 0 Å². The van der Waals surface area contributed by atoms with Crippen molar-refractivity contribution < 1.29 is 19.5 Å². The zero-order chi connectivity index (χ0) is 15.6. The summed E-state index contributed by atoms with van der Waals surface area (Å²) >= 11 is 4.32. The van der Waals surface area contributed by atoms with Crippen LogP contribution in [-0.4, -0.2) is 39.4 Å². The van der Waals surface area contributed by atoms with E-state index in [-0.39, 0.29) is 22.5 Å². The van der Waals surface area contributed by atoms with Gasteiger partial charge >= 0.3 is 5.97 Å². The standard InChI is InChI=1S/C13H13BrN2O4S/c1-7(17)21-6-8-2-12(18)16(5-8)11-3-9(13(19)20)10(14)4-15-11/h3-4,8H,2,5-6H2,1H3,(H,19,20). The van der Waals surface area contributed by atoms with E-state index in [2.05, 4.69) is 20.9 Å². The van der Waals surface area contributed by atoms with Gasteiger partial charge in [0.05, 0.1) is 10.0 Å². The van der Waals surface area contributed by atoms with E-state index in [4.69, 9.17) is 5.11 Å². The largest absolute Gasteiger partial charge is 0.478 e. The summed E-state index contributed by atoms with van der Waals surface area (Å²) in [7, 11) is 0. The number of hydrogen-bond donors (Lipinski definition) is 1. The minimum absolute atomic E-state index is 0.0239. The fourth-order valence-electron chi connectivity index (χ4n) is 2.09. The Balaban J connectivity index is 2.15. The molecule has 1 amide bonds. The minimum atomic E-state index is -1.08. The quantitative estimate of drug-likeness (QED) is 0.871. The van der Waals surface area contributed by atoms with Crippen molar-refractivity contribution in [1.82, 2.24) is 4.98 Å². The lowest BCUT2D eigenvalue weighted by Crippen LogP contribution is -2.26. The van der Waals surface area contributed by atoms with Crippen LogP contribution in [0.4, 0.5) is 5.82 Å². The van der Waals surface area contributed by atoms with Crippen LogP contribution >= 0.6 is 27.7 Å². The number of pyridine rings is 1. The van der Waals surface area contributed by atoms with Crippen molar-refractivity contribution in [1.29, 1.82) is 0 Å². The van der Waals surface area contributed by atoms with Gasteiger partial charge in [0.2, 0.25) is 5.91 Å². The summed E-state index contributed by atoms with van der Waals surface area (Å²) in [6, 6.07) is 1.38. The lowest BCUT2D eigenvalue weighted by molar-refractivity contribution is -0.117. The highest BCUT2D eigenvalue weighted by molar-refractivity contribution is 9.10. The molecule has 2 heterocycles. The predicted molar refractivity (Wildman–Crippen MR) is 82.5 cm³/mol. The molecule has 6 nitrogen and oxygen atoms in total. The van der Waals surface area contributed by atoms with Gasteiger partial charge in [0.25, 0.3) is 0 Å². The van der Waals surface area contributed by atoms with Crippen LogP contribution in [0.3, 0.4) is 0 Å². The SMILES string of the molecule is CC(=O)SCC1CC(=O)N(c2cc(C(=O)O)c(Br)cn2)C1. The van der Waals surface area contributed by atoms with Gasteiger partial charge < -0.3 is 5.11 Å². The summed E-state index contributed by atoms with van der Waals surface area (Å²) in [5.41, 5.74) is 0.0642. The highest BCUT2D eigenvalue weighted by Crippen LogP contribution is 2.28. The van der Waals surface area contributed by atoms with Gasteiger partial charge in [-0.3, -0.25) is 14.5 Å². The number of carbonyl (C=O) groups is 3. The van der Waals surface area contributed by atoms with E-state index >= 15 is 0 Å². The summed E-state index contributed by atoms with van der Waals surface area (Å²) in [6.45, 7) is 1.95. The van der Waals surface area contributed by atoms with Crippen LogP contribution in [-0.2, 0) is 9.59 Å². The fraction of sp³-hybridized carbons (Fsp3) is 0.385. The molecule has 0 radical (unpaired) electrons. The van der Waals surface area contributed by atoms with Gasteiger partial charge in [-0.15, -0.1) is 0 Å². The first-order chi connectivity index (χ1) is 9.88. The van der Waals surface area contributed by atoms with E-state index in [9.17, 15) is 14.4 Å². The minimum Gasteiger partial charge on any atom is -0.478 e. The van der Waals surface area contributed by atoms with Crippen LogP contribution in [0.5, 0.6) is 0 Å². The van der Waals surface area contributed by atoms with E-state index < -0.39 is 5.97 Å². The molecular formula is C13H13BrN2O4S. The Morgan fingerprint density at radius 3 is 2.90 bits per heavy atom. The second-order valence-electron chi connectivity index (χ2n) is 4.70. The molecule has 0 aromatic carbocycles. The number of anilines is 1. The average Bonchev–Trinajstić information content (AvgIpc) is 2.78. The van der Waals surface area contributed by atoms with Crippen molar-refractivity contribution in [3.05, 3.63) is 22.3 Å². The Kier molecular flexibility index (Phi) is 5.00. The molecule has 0 spiro atoms. The first kappa shape index (κ1) is 16.0. The van der Waals surface area contributed by atoms with E-state index in [1.165, 1.54) is 35.8 Å². The van der Waals surface area contributed by atoms with Gasteiger partial charge in [-0.2, -0.15) is 0 Å². The summed E-state index contributed by atoms with van der Waals surface area (Å²) in [5, 5.41) is 9.12. The topological polar surface area (TPSA) is 87.6 Å². The molecule has 21 heavy (non-hydrogen) atoms. The van der Waals surface area contributed by atoms with Crippen molar-refractivity contribution in [2.24, 2.45) is 5.92 Å². The number of rotatable bonds is 4. The third-order valence-corrected chi connectivity index (χ3v) is 4.75. The van der Waals surface area contributed by atoms with Gasteiger partial charge in [-0.05, 0) is 27.9 Å². The van der Waals surface area contributed by atoms with Crippen molar-refractivity contribution in [2.45, 2.75) is 13.3 Å². The predicted octanol–water partition coefficient (Wildman–Crippen LogP) is 2.17. The number of aromatic carboxylic acids is 1. The van der Waals surface area contributed by atoms with Crippen molar-refractivity contribution in [2.75, 3.05) is 17.2 Å². The molecular weight excluding hydrogens is 360 g/mol. The molecule has 1 aromatic rings. The average molecular weight is 373 g/mol. The van der Waals surface area contributed by atoms with Gasteiger partial charge in [-0.25, -0.2) is 9.78 Å². The molecule has 1 aliphatic heterocycles. The fourth-order valence-corrected chi connectivity index (χ4v) is 3.17. The normalized spacial score (nSPS) is 18.1. The molecule has 0 aliphatic carbocycles. The zero-order valence-electron chi connectivity index (χ0n) is 11.2. The summed E-state index contributed by atoms with van der Waals surface area (Å²) < 4.78 is 0.370. The maximum absolute atomic E-state index is 12.0. The van der Waals surface area contributed by atoms with Crippen LogP contribution in [0, 0.1) is 5.92 Å². The molecule has 1 saturated heterocycles. The van der Waals surface area contributed by atoms with Crippen molar-refractivity contribution in [3.8, 4) is 0 Å². The van der Waals surface area contributed by atoms with E-state index in [1.807, 2.05) is 0 Å². The number of thioether (sulfide) groups is 1. The Hall–Kier alpha value is -1.41. The number of amides is 1. The molecule has 0 bridgehead atoms. The Morgan fingerprint density at radius 1 is 1.57 bits per heavy atom. The Bertz CT molecular complexity index is 608. The third-order valence-electron chi connectivity index (χ3n) is 3.08. The number of carbonyl (C=O) groups excluding carboxylic acids is 2. The number of aromatic nitrogens is 1. The van der Waals surface area contributed by atoms with Crippen LogP contribution < -0.4 is 4.90 Å². The van der Waals surface area contributed by atoms with Crippen LogP contribution in [0.25, 0.3) is 0 Å². The second kappa shape index (κ2) is 6.57. The zero-order valence-corrected chi connectivity index (χ0v) is 13.6. The molecule has 1 aliphatic rings. The highest BCUT2D eigenvalue weighted by Gasteiger charge is 2.32. The number of halogens is 1. The number of carboxylic acids is 1. The first-order valence-electron chi connectivity index (χ1n) is 6.21. The monoisotopic (exact) mass is 372 g/mol. The lowest BCUT2D eigenvalue weighted by atomic mass is 10.1. The summed E-state index contributed by atoms with van der Waals surface area (Å²) in [5.74, 6) is -0.197. The maximum Gasteiger partial charge on any atom is 0.337 e. The summed E-state index contributed by atoms with van der Waals surface area (Å²) in [6.07, 6.45) is 1.73. The van der Waals surface area contributed by atoms with Crippen LogP contribution in [0.2, 0.25) is 0 Å². The van der Waals surface area contributed by atoms with E-state index in [0.717, 1.165) is 0 Å². The first-order valence-corrected chi connectivity index (χ1v) is 7.99. The second-order valence-corrected chi connectivity index (χ2v) is 6.76. The molecule has 0 saturated carbocycles. The molecule has 8 heteroatoms. The van der Waals surface area contributed by atoms with Crippen molar-refractivity contribution in [3.63, 3.8) is 0 Å². The number of hydrogen-bond acceptors (Lipinski definition) is 5. The molecule has 2 rings (SSSR count). The van der Waals surface area contributed by atoms with Crippen molar-refractivity contribution >= 4 is 50.5 Å². The Morgan fingerprint density at radius 2 is 2.29 bits per heavy atom. The lowest BCUT2D eigenvalue weighted by Gasteiger charge is -2.16. The highest BCUT2D eigenvalue weighted by atomic mass is 79.9. The van der Waals surface area contributed by atoms with Gasteiger partial charge in [0.15, 0.2) is 5.12 Å². The van der Waals surface area contributed by atoms with Gasteiger partial charge in [-0.1, -0.05) is 11.8 Å². The molecule has 1 unspecified atom stereocenters. The van der Waals surface area contributed by atoms with Gasteiger partial charge in [0.1, 0.15) is 5.82 Å². The summed E-state index contributed by atoms with van der Waals surface area (Å²) in [4.78, 5) is 39.7. The molecule has 1 atom stereocenters. The third kappa shape index (κ3) is 3.82. The smallest absolute Gasteiger partial charge is 0.337 e.